The van der Waals surface area contributed by atoms with E-state index < -0.39 is 4.92 Å². The Kier molecular flexibility index (Phi) is 2.66. The smallest absolute Gasteiger partial charge is 0.277 e. The van der Waals surface area contributed by atoms with E-state index in [9.17, 15) is 10.1 Å². The summed E-state index contributed by atoms with van der Waals surface area (Å²) in [5, 5.41) is 10.9. The van der Waals surface area contributed by atoms with Gasteiger partial charge in [0.1, 0.15) is 0 Å². The number of para-hydroxylation sites is 1. The Morgan fingerprint density at radius 1 is 1.00 bits per heavy atom. The second kappa shape index (κ2) is 4.13. The molecule has 2 aromatic carbocycles. The Balaban J connectivity index is 2.64. The van der Waals surface area contributed by atoms with Gasteiger partial charge in [-0.05, 0) is 18.2 Å². The van der Waals surface area contributed by atoms with E-state index in [1.807, 2.05) is 0 Å². The van der Waals surface area contributed by atoms with Gasteiger partial charge in [-0.15, -0.1) is 0 Å². The summed E-state index contributed by atoms with van der Waals surface area (Å²) in [6.07, 6.45) is 0. The molecule has 0 fully saturated rings. The van der Waals surface area contributed by atoms with E-state index in [4.69, 9.17) is 11.5 Å². The molecule has 0 aliphatic rings. The van der Waals surface area contributed by atoms with Crippen LogP contribution in [-0.4, -0.2) is 4.92 Å². The topological polar surface area (TPSA) is 95.2 Å². The second-order valence-corrected chi connectivity index (χ2v) is 3.62. The molecule has 0 amide bonds. The van der Waals surface area contributed by atoms with E-state index in [0.29, 0.717) is 22.5 Å². The normalized spacial score (nSPS) is 10.1. The number of nitro groups is 1. The fourth-order valence-electron chi connectivity index (χ4n) is 1.69. The van der Waals surface area contributed by atoms with Gasteiger partial charge in [0.2, 0.25) is 0 Å². The number of hydrogen-bond donors (Lipinski definition) is 2. The summed E-state index contributed by atoms with van der Waals surface area (Å²) in [7, 11) is 0. The number of nitrogens with two attached hydrogens (primary N) is 2. The Morgan fingerprint density at radius 2 is 1.71 bits per heavy atom. The highest BCUT2D eigenvalue weighted by Crippen LogP contribution is 2.34. The van der Waals surface area contributed by atoms with Gasteiger partial charge in [0, 0.05) is 23.0 Å². The first-order valence-electron chi connectivity index (χ1n) is 4.98. The standard InChI is InChI=1S/C12H11N3O2/c13-8-5-6-9(11(14)7-8)10-3-1-2-4-12(10)15(16)17/h1-7H,13-14H2. The number of anilines is 2. The van der Waals surface area contributed by atoms with Crippen LogP contribution in [0.15, 0.2) is 42.5 Å². The van der Waals surface area contributed by atoms with Crippen molar-refractivity contribution < 1.29 is 4.92 Å². The SMILES string of the molecule is Nc1ccc(-c2ccccc2[N+](=O)[O-])c(N)c1. The van der Waals surface area contributed by atoms with E-state index in [1.54, 1.807) is 36.4 Å². The lowest BCUT2D eigenvalue weighted by Crippen LogP contribution is -1.96. The van der Waals surface area contributed by atoms with Gasteiger partial charge in [0.25, 0.3) is 5.69 Å². The van der Waals surface area contributed by atoms with Crippen LogP contribution in [0, 0.1) is 10.1 Å². The van der Waals surface area contributed by atoms with Gasteiger partial charge in [0.05, 0.1) is 10.5 Å². The van der Waals surface area contributed by atoms with Crippen LogP contribution < -0.4 is 11.5 Å². The summed E-state index contributed by atoms with van der Waals surface area (Å²) in [5.74, 6) is 0. The number of nitro benzene ring substituents is 1. The Labute approximate surface area is 97.8 Å². The van der Waals surface area contributed by atoms with Crippen LogP contribution >= 0.6 is 0 Å². The van der Waals surface area contributed by atoms with Crippen molar-refractivity contribution in [2.24, 2.45) is 0 Å². The first-order chi connectivity index (χ1) is 8.09. The van der Waals surface area contributed by atoms with Crippen LogP contribution in [0.4, 0.5) is 17.1 Å². The summed E-state index contributed by atoms with van der Waals surface area (Å²) in [5.41, 5.74) is 13.5. The first kappa shape index (κ1) is 10.9. The molecule has 0 aliphatic carbocycles. The lowest BCUT2D eigenvalue weighted by Gasteiger charge is -2.07. The van der Waals surface area contributed by atoms with E-state index in [2.05, 4.69) is 0 Å². The van der Waals surface area contributed by atoms with Crippen LogP contribution in [0.25, 0.3) is 11.1 Å². The maximum absolute atomic E-state index is 10.9. The molecule has 0 radical (unpaired) electrons. The van der Waals surface area contributed by atoms with Gasteiger partial charge >= 0.3 is 0 Å². The highest BCUT2D eigenvalue weighted by Gasteiger charge is 2.15. The average Bonchev–Trinajstić information content (AvgIpc) is 2.29. The van der Waals surface area contributed by atoms with Crippen molar-refractivity contribution >= 4 is 17.1 Å². The van der Waals surface area contributed by atoms with E-state index >= 15 is 0 Å². The lowest BCUT2D eigenvalue weighted by molar-refractivity contribution is -0.384. The molecule has 0 saturated carbocycles. The minimum atomic E-state index is -0.425. The predicted molar refractivity (Wildman–Crippen MR) is 67.4 cm³/mol. The fraction of sp³-hybridized carbons (Fsp3) is 0. The minimum Gasteiger partial charge on any atom is -0.399 e. The third-order valence-corrected chi connectivity index (χ3v) is 2.47. The molecule has 5 nitrogen and oxygen atoms in total. The van der Waals surface area contributed by atoms with Crippen LogP contribution in [0.5, 0.6) is 0 Å². The molecule has 0 spiro atoms. The van der Waals surface area contributed by atoms with Crippen LogP contribution in [0.3, 0.4) is 0 Å². The quantitative estimate of drug-likeness (QED) is 0.469. The van der Waals surface area contributed by atoms with E-state index in [-0.39, 0.29) is 5.69 Å². The van der Waals surface area contributed by atoms with Crippen molar-refractivity contribution in [2.45, 2.75) is 0 Å². The van der Waals surface area contributed by atoms with Gasteiger partial charge in [-0.25, -0.2) is 0 Å². The van der Waals surface area contributed by atoms with Gasteiger partial charge in [0.15, 0.2) is 0 Å². The summed E-state index contributed by atoms with van der Waals surface area (Å²) in [6, 6.07) is 11.4. The monoisotopic (exact) mass is 229 g/mol. The molecule has 0 heterocycles. The lowest BCUT2D eigenvalue weighted by atomic mass is 10.0. The number of nitrogen functional groups attached to an aromatic ring is 2. The molecule has 0 aliphatic heterocycles. The molecule has 2 aromatic rings. The predicted octanol–water partition coefficient (Wildman–Crippen LogP) is 2.43. The molecule has 2 rings (SSSR count). The Morgan fingerprint density at radius 3 is 2.35 bits per heavy atom. The Bertz CT molecular complexity index is 582. The molecule has 4 N–H and O–H groups in total. The van der Waals surface area contributed by atoms with Gasteiger partial charge < -0.3 is 11.5 Å². The molecule has 0 aromatic heterocycles. The second-order valence-electron chi connectivity index (χ2n) is 3.62. The van der Waals surface area contributed by atoms with Crippen LogP contribution in [0.1, 0.15) is 0 Å². The van der Waals surface area contributed by atoms with Crippen LogP contribution in [0.2, 0.25) is 0 Å². The highest BCUT2D eigenvalue weighted by atomic mass is 16.6. The number of rotatable bonds is 2. The first-order valence-corrected chi connectivity index (χ1v) is 4.98. The summed E-state index contributed by atoms with van der Waals surface area (Å²) >= 11 is 0. The summed E-state index contributed by atoms with van der Waals surface area (Å²) < 4.78 is 0. The average molecular weight is 229 g/mol. The molecule has 86 valence electrons. The molecule has 0 bridgehead atoms. The number of benzene rings is 2. The fourth-order valence-corrected chi connectivity index (χ4v) is 1.69. The van der Waals surface area contributed by atoms with Gasteiger partial charge in [-0.1, -0.05) is 18.2 Å². The zero-order valence-electron chi connectivity index (χ0n) is 8.96. The molecule has 0 atom stereocenters. The van der Waals surface area contributed by atoms with Crippen molar-refractivity contribution in [1.82, 2.24) is 0 Å². The maximum Gasteiger partial charge on any atom is 0.277 e. The molecule has 17 heavy (non-hydrogen) atoms. The Hall–Kier alpha value is -2.56. The summed E-state index contributed by atoms with van der Waals surface area (Å²) in [4.78, 5) is 10.5. The zero-order chi connectivity index (χ0) is 12.4. The van der Waals surface area contributed by atoms with E-state index in [1.165, 1.54) is 6.07 Å². The van der Waals surface area contributed by atoms with Crippen molar-refractivity contribution in [1.29, 1.82) is 0 Å². The molecular formula is C12H11N3O2. The highest BCUT2D eigenvalue weighted by molar-refractivity contribution is 5.83. The number of nitrogens with zero attached hydrogens (tertiary/aromatic N) is 1. The van der Waals surface area contributed by atoms with Crippen molar-refractivity contribution in [3.63, 3.8) is 0 Å². The molecule has 5 heteroatoms. The van der Waals surface area contributed by atoms with Crippen molar-refractivity contribution in [2.75, 3.05) is 11.5 Å². The zero-order valence-corrected chi connectivity index (χ0v) is 8.96. The van der Waals surface area contributed by atoms with Gasteiger partial charge in [-0.2, -0.15) is 0 Å². The molecular weight excluding hydrogens is 218 g/mol. The largest absolute Gasteiger partial charge is 0.399 e. The van der Waals surface area contributed by atoms with Crippen molar-refractivity contribution in [3.8, 4) is 11.1 Å². The number of hydrogen-bond acceptors (Lipinski definition) is 4. The van der Waals surface area contributed by atoms with Crippen molar-refractivity contribution in [3.05, 3.63) is 52.6 Å². The third kappa shape index (κ3) is 2.03. The maximum atomic E-state index is 10.9. The minimum absolute atomic E-state index is 0.0315. The van der Waals surface area contributed by atoms with Crippen LogP contribution in [-0.2, 0) is 0 Å². The molecule has 0 unspecified atom stereocenters. The third-order valence-electron chi connectivity index (χ3n) is 2.47. The van der Waals surface area contributed by atoms with E-state index in [0.717, 1.165) is 0 Å². The molecule has 0 saturated heterocycles. The van der Waals surface area contributed by atoms with Gasteiger partial charge in [-0.3, -0.25) is 10.1 Å². The summed E-state index contributed by atoms with van der Waals surface area (Å²) in [6.45, 7) is 0.